The number of carbonyl (C=O) groups excluding carboxylic acids is 1. The number of amides is 1. The lowest BCUT2D eigenvalue weighted by molar-refractivity contribution is 0.102. The van der Waals surface area contributed by atoms with Gasteiger partial charge in [0.05, 0.1) is 10.6 Å². The third-order valence-corrected chi connectivity index (χ3v) is 7.04. The number of nitrogens with one attached hydrogen (secondary N) is 1. The van der Waals surface area contributed by atoms with Crippen molar-refractivity contribution in [1.29, 1.82) is 0 Å². The quantitative estimate of drug-likeness (QED) is 0.581. The van der Waals surface area contributed by atoms with Gasteiger partial charge in [0.25, 0.3) is 15.9 Å². The van der Waals surface area contributed by atoms with Crippen LogP contribution in [-0.4, -0.2) is 20.9 Å². The normalized spacial score (nSPS) is 11.2. The van der Waals surface area contributed by atoms with Gasteiger partial charge >= 0.3 is 0 Å². The van der Waals surface area contributed by atoms with Gasteiger partial charge in [-0.2, -0.15) is 0 Å². The number of aryl methyl sites for hydroxylation is 2. The number of hydrogen-bond donors (Lipinski definition) is 1. The fourth-order valence-electron chi connectivity index (χ4n) is 3.37. The molecule has 0 bridgehead atoms. The first kappa shape index (κ1) is 21.6. The Balaban J connectivity index is 1.97. The van der Waals surface area contributed by atoms with Crippen LogP contribution in [0.15, 0.2) is 77.7 Å². The Labute approximate surface area is 178 Å². The second-order valence-electron chi connectivity index (χ2n) is 6.95. The molecular formula is C24H26N2O3S. The molecule has 30 heavy (non-hydrogen) atoms. The Morgan fingerprint density at radius 1 is 0.933 bits per heavy atom. The van der Waals surface area contributed by atoms with Crippen LogP contribution in [0.25, 0.3) is 0 Å². The van der Waals surface area contributed by atoms with E-state index < -0.39 is 10.0 Å². The lowest BCUT2D eigenvalue weighted by Crippen LogP contribution is -2.31. The number of rotatable bonds is 7. The zero-order chi connectivity index (χ0) is 21.7. The minimum Gasteiger partial charge on any atom is -0.322 e. The van der Waals surface area contributed by atoms with Gasteiger partial charge < -0.3 is 5.32 Å². The summed E-state index contributed by atoms with van der Waals surface area (Å²) in [6.45, 7) is 5.83. The van der Waals surface area contributed by atoms with Gasteiger partial charge in [0.2, 0.25) is 0 Å². The van der Waals surface area contributed by atoms with E-state index in [1.807, 2.05) is 37.3 Å². The molecule has 3 aromatic carbocycles. The van der Waals surface area contributed by atoms with Gasteiger partial charge in [0.1, 0.15) is 0 Å². The average molecular weight is 423 g/mol. The van der Waals surface area contributed by atoms with Crippen molar-refractivity contribution in [1.82, 2.24) is 0 Å². The molecule has 6 heteroatoms. The molecule has 3 rings (SSSR count). The van der Waals surface area contributed by atoms with Crippen molar-refractivity contribution >= 4 is 27.3 Å². The maximum Gasteiger partial charge on any atom is 0.264 e. The first-order valence-corrected chi connectivity index (χ1v) is 11.4. The van der Waals surface area contributed by atoms with Crippen molar-refractivity contribution < 1.29 is 13.2 Å². The molecule has 0 radical (unpaired) electrons. The molecule has 156 valence electrons. The summed E-state index contributed by atoms with van der Waals surface area (Å²) in [6.07, 6.45) is 0.784. The smallest absolute Gasteiger partial charge is 0.264 e. The second-order valence-corrected chi connectivity index (χ2v) is 8.78. The van der Waals surface area contributed by atoms with Crippen LogP contribution in [0.2, 0.25) is 0 Å². The van der Waals surface area contributed by atoms with E-state index in [0.717, 1.165) is 17.7 Å². The average Bonchev–Trinajstić information content (AvgIpc) is 2.75. The summed E-state index contributed by atoms with van der Waals surface area (Å²) in [7, 11) is -3.82. The van der Waals surface area contributed by atoms with Crippen LogP contribution in [0.1, 0.15) is 35.3 Å². The molecular weight excluding hydrogens is 396 g/mol. The molecule has 0 aliphatic heterocycles. The van der Waals surface area contributed by atoms with Crippen molar-refractivity contribution in [3.8, 4) is 0 Å². The molecule has 1 amide bonds. The molecule has 0 spiro atoms. The summed E-state index contributed by atoms with van der Waals surface area (Å²) in [6, 6.07) is 21.3. The first-order valence-electron chi connectivity index (χ1n) is 9.96. The molecule has 3 aromatic rings. The van der Waals surface area contributed by atoms with Gasteiger partial charge in [0.15, 0.2) is 0 Å². The third-order valence-electron chi connectivity index (χ3n) is 5.00. The van der Waals surface area contributed by atoms with Crippen LogP contribution < -0.4 is 9.62 Å². The van der Waals surface area contributed by atoms with Crippen LogP contribution in [0, 0.1) is 6.92 Å². The van der Waals surface area contributed by atoms with Crippen molar-refractivity contribution in [2.24, 2.45) is 0 Å². The topological polar surface area (TPSA) is 66.5 Å². The third kappa shape index (κ3) is 4.39. The number of carbonyl (C=O) groups is 1. The fourth-order valence-corrected chi connectivity index (χ4v) is 5.10. The molecule has 0 fully saturated rings. The number of anilines is 2. The molecule has 0 atom stereocenters. The fraction of sp³-hybridized carbons (Fsp3) is 0.208. The number of nitrogens with zero attached hydrogens (tertiary/aromatic N) is 1. The number of hydrogen-bond acceptors (Lipinski definition) is 3. The zero-order valence-electron chi connectivity index (χ0n) is 17.4. The Bertz CT molecular complexity index is 1140. The van der Waals surface area contributed by atoms with Gasteiger partial charge in [-0.3, -0.25) is 9.10 Å². The first-order chi connectivity index (χ1) is 14.4. The van der Waals surface area contributed by atoms with Crippen LogP contribution in [0.3, 0.4) is 0 Å². The number of benzene rings is 3. The highest BCUT2D eigenvalue weighted by Gasteiger charge is 2.26. The molecule has 0 heterocycles. The molecule has 0 aromatic heterocycles. The van der Waals surface area contributed by atoms with Gasteiger partial charge in [-0.1, -0.05) is 49.4 Å². The van der Waals surface area contributed by atoms with Crippen LogP contribution in [-0.2, 0) is 16.4 Å². The lowest BCUT2D eigenvalue weighted by atomic mass is 10.1. The molecule has 5 nitrogen and oxygen atoms in total. The summed E-state index contributed by atoms with van der Waals surface area (Å²) < 4.78 is 28.2. The summed E-state index contributed by atoms with van der Waals surface area (Å²) >= 11 is 0. The molecule has 1 N–H and O–H groups in total. The van der Waals surface area contributed by atoms with E-state index in [9.17, 15) is 13.2 Å². The summed E-state index contributed by atoms with van der Waals surface area (Å²) in [5.74, 6) is -0.338. The highest BCUT2D eigenvalue weighted by Crippen LogP contribution is 2.27. The van der Waals surface area contributed by atoms with Crippen molar-refractivity contribution in [3.05, 3.63) is 89.5 Å². The predicted octanol–water partition coefficient (Wildman–Crippen LogP) is 5.02. The van der Waals surface area contributed by atoms with Gasteiger partial charge in [-0.15, -0.1) is 0 Å². The van der Waals surface area contributed by atoms with Crippen LogP contribution >= 0.6 is 0 Å². The molecule has 0 unspecified atom stereocenters. The monoisotopic (exact) mass is 422 g/mol. The summed E-state index contributed by atoms with van der Waals surface area (Å²) in [4.78, 5) is 13.0. The second kappa shape index (κ2) is 9.13. The van der Waals surface area contributed by atoms with E-state index in [2.05, 4.69) is 5.32 Å². The maximum absolute atomic E-state index is 13.4. The van der Waals surface area contributed by atoms with Crippen LogP contribution in [0.4, 0.5) is 11.4 Å². The SMILES string of the molecule is CCc1ccccc1NC(=O)c1ccc(C)c(S(=O)(=O)N(CC)c2ccccc2)c1. The molecule has 0 aliphatic carbocycles. The summed E-state index contributed by atoms with van der Waals surface area (Å²) in [5.41, 5.74) is 3.23. The molecule has 0 aliphatic rings. The van der Waals surface area contributed by atoms with E-state index in [1.54, 1.807) is 50.2 Å². The van der Waals surface area contributed by atoms with Crippen LogP contribution in [0.5, 0.6) is 0 Å². The molecule has 0 saturated carbocycles. The standard InChI is InChI=1S/C24H26N2O3S/c1-4-19-11-9-10-14-22(19)25-24(27)20-16-15-18(3)23(17-20)30(28,29)26(5-2)21-12-7-6-8-13-21/h6-17H,4-5H2,1-3H3,(H,25,27). The highest BCUT2D eigenvalue weighted by atomic mass is 32.2. The van der Waals surface area contributed by atoms with Crippen molar-refractivity contribution in [3.63, 3.8) is 0 Å². The summed E-state index contributed by atoms with van der Waals surface area (Å²) in [5, 5.41) is 2.90. The van der Waals surface area contributed by atoms with Gasteiger partial charge in [-0.25, -0.2) is 8.42 Å². The molecule has 0 saturated heterocycles. The van der Waals surface area contributed by atoms with E-state index >= 15 is 0 Å². The minimum absolute atomic E-state index is 0.129. The largest absolute Gasteiger partial charge is 0.322 e. The Morgan fingerprint density at radius 2 is 1.60 bits per heavy atom. The van der Waals surface area contributed by atoms with E-state index in [-0.39, 0.29) is 17.3 Å². The minimum atomic E-state index is -3.82. The lowest BCUT2D eigenvalue weighted by Gasteiger charge is -2.24. The van der Waals surface area contributed by atoms with E-state index in [1.165, 1.54) is 10.4 Å². The Hall–Kier alpha value is -3.12. The maximum atomic E-state index is 13.4. The van der Waals surface area contributed by atoms with E-state index in [4.69, 9.17) is 0 Å². The van der Waals surface area contributed by atoms with Crippen molar-refractivity contribution in [2.45, 2.75) is 32.1 Å². The zero-order valence-corrected chi connectivity index (χ0v) is 18.2. The highest BCUT2D eigenvalue weighted by molar-refractivity contribution is 7.92. The van der Waals surface area contributed by atoms with Gasteiger partial charge in [-0.05, 0) is 61.7 Å². The predicted molar refractivity (Wildman–Crippen MR) is 122 cm³/mol. The van der Waals surface area contributed by atoms with Gasteiger partial charge in [0, 0.05) is 17.8 Å². The Kier molecular flexibility index (Phi) is 6.57. The Morgan fingerprint density at radius 3 is 2.27 bits per heavy atom. The van der Waals surface area contributed by atoms with Crippen molar-refractivity contribution in [2.75, 3.05) is 16.2 Å². The number of para-hydroxylation sites is 2. The van der Waals surface area contributed by atoms with E-state index in [0.29, 0.717) is 16.8 Å². The number of sulfonamides is 1.